The zero-order valence-corrected chi connectivity index (χ0v) is 21.4. The molecule has 0 amide bonds. The molecule has 43 heavy (non-hydrogen) atoms. The minimum absolute atomic E-state index is 0.399. The van der Waals surface area contributed by atoms with E-state index < -0.39 is 245 Å². The SMILES string of the molecule is [2H]c1c([2H])c(-c2c([2H])c([2H])c(-c3c([2H])c([2H])c([2H])c4oc5c([2H])c([2H])c([2H])c([2H])c5c34)c([2H])c2[2H])c([2H])c(-c2c([2H])c([2H])c3c4c([2H])c([2H])c([2H])c([2H])c4c4c([2H])c([2H])c([2H])c([2H])c4c3c2[2H])c1[2H]. The Kier molecular flexibility index (Phi) is 2.13. The van der Waals surface area contributed by atoms with Crippen LogP contribution >= 0.6 is 0 Å². The molecule has 1 nitrogen and oxygen atoms in total. The Morgan fingerprint density at radius 1 is 0.326 bits per heavy atom. The number of para-hydroxylation sites is 1. The summed E-state index contributed by atoms with van der Waals surface area (Å²) >= 11 is 0. The van der Waals surface area contributed by atoms with Crippen LogP contribution in [-0.2, 0) is 0 Å². The van der Waals surface area contributed by atoms with Gasteiger partial charge in [-0.25, -0.2) is 0 Å². The molecule has 0 N–H and O–H groups in total. The summed E-state index contributed by atoms with van der Waals surface area (Å²) in [6.07, 6.45) is 0. The molecule has 0 aliphatic heterocycles. The van der Waals surface area contributed by atoms with Crippen molar-refractivity contribution in [3.8, 4) is 33.4 Å². The molecule has 0 saturated heterocycles. The molecule has 0 fully saturated rings. The first kappa shape index (κ1) is 9.69. The second kappa shape index (κ2) is 9.44. The van der Waals surface area contributed by atoms with Crippen LogP contribution in [0, 0.1) is 0 Å². The lowest BCUT2D eigenvalue weighted by atomic mass is 9.91. The van der Waals surface area contributed by atoms with Gasteiger partial charge in [-0.2, -0.15) is 0 Å². The summed E-state index contributed by atoms with van der Waals surface area (Å²) in [7, 11) is 0. The van der Waals surface area contributed by atoms with E-state index in [0.29, 0.717) is 0 Å². The zero-order valence-electron chi connectivity index (χ0n) is 47.4. The lowest BCUT2D eigenvalue weighted by Gasteiger charge is -2.13. The summed E-state index contributed by atoms with van der Waals surface area (Å²) in [6.45, 7) is 0. The molecular formula is C42H26O. The smallest absolute Gasteiger partial charge is 0.136 e. The van der Waals surface area contributed by atoms with Gasteiger partial charge in [0.15, 0.2) is 0 Å². The fraction of sp³-hybridized carbons (Fsp3) is 0. The van der Waals surface area contributed by atoms with Crippen LogP contribution in [0.5, 0.6) is 0 Å². The van der Waals surface area contributed by atoms with Gasteiger partial charge in [0, 0.05) is 10.8 Å². The second-order valence-corrected chi connectivity index (χ2v) is 9.26. The van der Waals surface area contributed by atoms with Crippen molar-refractivity contribution in [3.63, 3.8) is 0 Å². The third-order valence-electron chi connectivity index (χ3n) is 6.89. The van der Waals surface area contributed by atoms with E-state index in [-0.39, 0.29) is 0 Å². The van der Waals surface area contributed by atoms with Crippen LogP contribution in [0.1, 0.15) is 35.6 Å². The Morgan fingerprint density at radius 2 is 0.814 bits per heavy atom. The largest absolute Gasteiger partial charge is 0.456 e. The number of hydrogen-bond acceptors (Lipinski definition) is 1. The molecule has 8 aromatic carbocycles. The average Bonchev–Trinajstić information content (AvgIpc) is 3.72. The van der Waals surface area contributed by atoms with E-state index in [0.717, 1.165) is 0 Å². The van der Waals surface area contributed by atoms with Gasteiger partial charge in [-0.05, 0) is 89.9 Å². The van der Waals surface area contributed by atoms with Crippen LogP contribution in [0.4, 0.5) is 0 Å². The van der Waals surface area contributed by atoms with Gasteiger partial charge in [0.2, 0.25) is 0 Å². The highest BCUT2D eigenvalue weighted by Crippen LogP contribution is 2.39. The number of benzene rings is 8. The summed E-state index contributed by atoms with van der Waals surface area (Å²) in [4.78, 5) is 0. The van der Waals surface area contributed by atoms with Crippen molar-refractivity contribution in [2.75, 3.05) is 0 Å². The zero-order chi connectivity index (χ0) is 51.0. The Morgan fingerprint density at radius 3 is 1.53 bits per heavy atom. The predicted octanol–water partition coefficient (Wildman–Crippen LogP) is 12.0. The highest BCUT2D eigenvalue weighted by molar-refractivity contribution is 6.25. The van der Waals surface area contributed by atoms with Gasteiger partial charge in [0.1, 0.15) is 11.2 Å². The second-order valence-electron chi connectivity index (χ2n) is 9.26. The van der Waals surface area contributed by atoms with Crippen molar-refractivity contribution >= 4 is 54.3 Å². The van der Waals surface area contributed by atoms with Crippen molar-refractivity contribution in [3.05, 3.63) is 157 Å². The van der Waals surface area contributed by atoms with E-state index >= 15 is 0 Å². The molecule has 0 unspecified atom stereocenters. The van der Waals surface area contributed by atoms with E-state index in [2.05, 4.69) is 0 Å². The fourth-order valence-corrected chi connectivity index (χ4v) is 4.98. The van der Waals surface area contributed by atoms with E-state index in [9.17, 15) is 11.0 Å². The Hall–Kier alpha value is -5.66. The fourth-order valence-electron chi connectivity index (χ4n) is 4.98. The normalized spacial score (nSPS) is 20.2. The maximum absolute atomic E-state index is 9.61. The summed E-state index contributed by atoms with van der Waals surface area (Å²) < 4.78 is 236. The lowest BCUT2D eigenvalue weighted by Crippen LogP contribution is -1.86. The first-order valence-electron chi connectivity index (χ1n) is 25.7. The van der Waals surface area contributed by atoms with Crippen molar-refractivity contribution in [1.29, 1.82) is 0 Å². The van der Waals surface area contributed by atoms with Gasteiger partial charge in [0.05, 0.1) is 35.6 Å². The summed E-state index contributed by atoms with van der Waals surface area (Å²) in [5, 5.41) is -3.84. The molecule has 0 aliphatic rings. The van der Waals surface area contributed by atoms with Crippen molar-refractivity contribution in [2.24, 2.45) is 0 Å². The van der Waals surface area contributed by atoms with Gasteiger partial charge in [-0.1, -0.05) is 133 Å². The van der Waals surface area contributed by atoms with Gasteiger partial charge in [0.25, 0.3) is 0 Å². The molecule has 0 saturated carbocycles. The molecule has 9 rings (SSSR count). The van der Waals surface area contributed by atoms with E-state index in [1.54, 1.807) is 0 Å². The molecule has 9 aromatic rings. The monoisotopic (exact) mass is 572 g/mol. The molecule has 200 valence electrons. The third kappa shape index (κ3) is 3.79. The van der Waals surface area contributed by atoms with Gasteiger partial charge < -0.3 is 4.42 Å². The van der Waals surface area contributed by atoms with Crippen molar-refractivity contribution < 1.29 is 40.1 Å². The Bertz CT molecular complexity index is 3890. The van der Waals surface area contributed by atoms with Crippen LogP contribution in [0.3, 0.4) is 0 Å². The van der Waals surface area contributed by atoms with Crippen LogP contribution in [0.25, 0.3) is 87.6 Å². The van der Waals surface area contributed by atoms with Crippen molar-refractivity contribution in [2.45, 2.75) is 0 Å². The number of rotatable bonds is 3. The Balaban J connectivity index is 1.42. The van der Waals surface area contributed by atoms with Crippen LogP contribution in [0.2, 0.25) is 0 Å². The maximum Gasteiger partial charge on any atom is 0.136 e. The van der Waals surface area contributed by atoms with Gasteiger partial charge >= 0.3 is 0 Å². The van der Waals surface area contributed by atoms with E-state index in [1.807, 2.05) is 0 Å². The first-order valence-corrected chi connectivity index (χ1v) is 12.7. The minimum Gasteiger partial charge on any atom is -0.456 e. The molecule has 0 bridgehead atoms. The molecule has 1 aromatic heterocycles. The average molecular weight is 573 g/mol. The topological polar surface area (TPSA) is 13.1 Å². The van der Waals surface area contributed by atoms with Crippen LogP contribution < -0.4 is 0 Å². The number of hydrogen-bond donors (Lipinski definition) is 0. The first-order chi connectivity index (χ1) is 32.2. The minimum atomic E-state index is -1.04. The van der Waals surface area contributed by atoms with Crippen molar-refractivity contribution in [1.82, 2.24) is 0 Å². The van der Waals surface area contributed by atoms with E-state index in [4.69, 9.17) is 29.1 Å². The molecular weight excluding hydrogens is 520 g/mol. The van der Waals surface area contributed by atoms with Gasteiger partial charge in [-0.15, -0.1) is 0 Å². The molecule has 0 radical (unpaired) electrons. The van der Waals surface area contributed by atoms with Gasteiger partial charge in [-0.3, -0.25) is 0 Å². The summed E-state index contributed by atoms with van der Waals surface area (Å²) in [5.74, 6) is 0. The lowest BCUT2D eigenvalue weighted by molar-refractivity contribution is 0.669. The molecule has 1 heteroatoms. The third-order valence-corrected chi connectivity index (χ3v) is 6.89. The molecule has 1 heterocycles. The number of furan rings is 1. The number of fused-ring (bicyclic) bond motifs is 9. The predicted molar refractivity (Wildman–Crippen MR) is 183 cm³/mol. The summed E-state index contributed by atoms with van der Waals surface area (Å²) in [6, 6.07) is -22.8. The molecule has 0 atom stereocenters. The quantitative estimate of drug-likeness (QED) is 0.192. The Labute approximate surface area is 285 Å². The van der Waals surface area contributed by atoms with Crippen LogP contribution in [0.15, 0.2) is 162 Å². The molecule has 0 spiro atoms. The van der Waals surface area contributed by atoms with Crippen LogP contribution in [-0.4, -0.2) is 0 Å². The molecule has 0 aliphatic carbocycles. The summed E-state index contributed by atoms with van der Waals surface area (Å²) in [5.41, 5.74) is -5.73. The highest BCUT2D eigenvalue weighted by atomic mass is 16.3. The highest BCUT2D eigenvalue weighted by Gasteiger charge is 2.13. The standard InChI is InChI=1S/C42H26O/c1-2-13-35-33(11-1)34-12-3-4-14-36(34)39-26-31(23-24-37(35)39)30-10-7-9-29(25-30)27-19-21-28(22-20-27)32-16-8-18-41-42(32)38-15-5-6-17-40(38)43-41/h1-26H/i1D,2D,3D,4D,5D,6D,7D,8D,9D,10D,11D,12D,13D,14D,15D,16D,17D,18D,19D,20D,21D,22D,23D,24D,25D,26D. The van der Waals surface area contributed by atoms with E-state index in [1.165, 1.54) is 0 Å². The maximum atomic E-state index is 9.61.